The van der Waals surface area contributed by atoms with Crippen molar-refractivity contribution >= 4 is 37.9 Å². The first kappa shape index (κ1) is 23.5. The number of halogens is 1. The molecular weight excluding hydrogens is 552 g/mol. The molecule has 2 heteroatoms. The molecular formula is C38H25BrO. The fraction of sp³-hybridized carbons (Fsp3) is 0.0526. The van der Waals surface area contributed by atoms with Crippen LogP contribution in [0.5, 0.6) is 0 Å². The van der Waals surface area contributed by atoms with Crippen molar-refractivity contribution in [2.75, 3.05) is 0 Å². The molecule has 0 saturated carbocycles. The summed E-state index contributed by atoms with van der Waals surface area (Å²) < 4.78 is 7.50. The summed E-state index contributed by atoms with van der Waals surface area (Å²) in [5.74, 6) is 0. The number of para-hydroxylation sites is 2. The summed E-state index contributed by atoms with van der Waals surface area (Å²) in [4.78, 5) is 0. The second-order valence-corrected chi connectivity index (χ2v) is 11.5. The zero-order valence-electron chi connectivity index (χ0n) is 22.0. The molecule has 0 amide bonds. The molecule has 0 aliphatic heterocycles. The van der Waals surface area contributed by atoms with Gasteiger partial charge in [0, 0.05) is 26.4 Å². The third kappa shape index (κ3) is 3.20. The molecule has 1 heterocycles. The topological polar surface area (TPSA) is 13.1 Å². The van der Waals surface area contributed by atoms with Gasteiger partial charge in [-0.15, -0.1) is 0 Å². The Hall–Kier alpha value is -4.40. The molecule has 8 rings (SSSR count). The van der Waals surface area contributed by atoms with Gasteiger partial charge in [-0.25, -0.2) is 0 Å². The summed E-state index contributed by atoms with van der Waals surface area (Å²) in [5.41, 5.74) is 12.7. The van der Waals surface area contributed by atoms with Crippen molar-refractivity contribution in [1.29, 1.82) is 0 Å². The predicted molar refractivity (Wildman–Crippen MR) is 169 cm³/mol. The zero-order chi connectivity index (χ0) is 26.8. The fourth-order valence-electron chi connectivity index (χ4n) is 6.79. The highest BCUT2D eigenvalue weighted by Crippen LogP contribution is 2.58. The molecule has 1 aromatic heterocycles. The van der Waals surface area contributed by atoms with Gasteiger partial charge in [-0.3, -0.25) is 0 Å². The second kappa shape index (κ2) is 8.81. The van der Waals surface area contributed by atoms with Gasteiger partial charge in [-0.1, -0.05) is 143 Å². The summed E-state index contributed by atoms with van der Waals surface area (Å²) in [6, 6.07) is 48.3. The van der Waals surface area contributed by atoms with E-state index in [1.807, 2.05) is 12.1 Å². The van der Waals surface area contributed by atoms with Crippen LogP contribution >= 0.6 is 15.9 Å². The zero-order valence-corrected chi connectivity index (χ0v) is 23.6. The summed E-state index contributed by atoms with van der Waals surface area (Å²) >= 11 is 3.90. The van der Waals surface area contributed by atoms with Crippen molar-refractivity contribution in [2.45, 2.75) is 12.3 Å². The molecule has 1 atom stereocenters. The summed E-state index contributed by atoms with van der Waals surface area (Å²) in [7, 11) is 0. The summed E-state index contributed by atoms with van der Waals surface area (Å²) in [5, 5.41) is 2.30. The molecule has 40 heavy (non-hydrogen) atoms. The highest BCUT2D eigenvalue weighted by molar-refractivity contribution is 9.10. The highest BCUT2D eigenvalue weighted by Gasteiger charge is 2.46. The molecule has 0 spiro atoms. The van der Waals surface area contributed by atoms with Gasteiger partial charge in [0.15, 0.2) is 0 Å². The molecule has 0 radical (unpaired) electrons. The molecule has 0 fully saturated rings. The van der Waals surface area contributed by atoms with Crippen molar-refractivity contribution in [3.05, 3.63) is 166 Å². The van der Waals surface area contributed by atoms with E-state index in [-0.39, 0.29) is 0 Å². The smallest absolute Gasteiger partial charge is 0.143 e. The standard InChI is InChI=1S/C38H25BrO/c1-24-17-22-31-33(23-24)38(26-9-3-2-4-10-26,32-14-8-15-34(39)36(31)32)27-20-18-25(19-21-27)28-12-7-13-30-29-11-5-6-16-35(29)40-37(28)30/h2-23H,1H3. The van der Waals surface area contributed by atoms with Crippen LogP contribution in [0.2, 0.25) is 0 Å². The average molecular weight is 578 g/mol. The van der Waals surface area contributed by atoms with Gasteiger partial charge < -0.3 is 4.42 Å². The monoisotopic (exact) mass is 576 g/mol. The van der Waals surface area contributed by atoms with E-state index in [1.165, 1.54) is 38.9 Å². The number of hydrogen-bond acceptors (Lipinski definition) is 1. The Kier molecular flexibility index (Phi) is 5.17. The Morgan fingerprint density at radius 3 is 2.15 bits per heavy atom. The van der Waals surface area contributed by atoms with Crippen LogP contribution in [-0.2, 0) is 5.41 Å². The van der Waals surface area contributed by atoms with Gasteiger partial charge >= 0.3 is 0 Å². The normalized spacial score (nSPS) is 15.8. The molecule has 1 nitrogen and oxygen atoms in total. The quantitative estimate of drug-likeness (QED) is 0.204. The molecule has 0 bridgehead atoms. The average Bonchev–Trinajstić information content (AvgIpc) is 3.52. The van der Waals surface area contributed by atoms with Crippen molar-refractivity contribution in [3.63, 3.8) is 0 Å². The van der Waals surface area contributed by atoms with Crippen LogP contribution in [0.3, 0.4) is 0 Å². The SMILES string of the molecule is Cc1ccc2c(c1)C(c1ccccc1)(c1ccc(-c3cccc4c3oc3ccccc34)cc1)c1cccc(Br)c1-2. The van der Waals surface area contributed by atoms with Crippen molar-refractivity contribution in [3.8, 4) is 22.3 Å². The van der Waals surface area contributed by atoms with E-state index >= 15 is 0 Å². The minimum atomic E-state index is -0.425. The number of benzene rings is 6. The van der Waals surface area contributed by atoms with Crippen molar-refractivity contribution in [2.24, 2.45) is 0 Å². The highest BCUT2D eigenvalue weighted by atomic mass is 79.9. The van der Waals surface area contributed by atoms with E-state index in [4.69, 9.17) is 4.42 Å². The molecule has 1 unspecified atom stereocenters. The largest absolute Gasteiger partial charge is 0.455 e. The summed E-state index contributed by atoms with van der Waals surface area (Å²) in [6.45, 7) is 2.19. The number of furan rings is 1. The van der Waals surface area contributed by atoms with E-state index in [2.05, 4.69) is 144 Å². The van der Waals surface area contributed by atoms with Gasteiger partial charge in [0.25, 0.3) is 0 Å². The number of fused-ring (bicyclic) bond motifs is 6. The van der Waals surface area contributed by atoms with Gasteiger partial charge in [-0.2, -0.15) is 0 Å². The van der Waals surface area contributed by atoms with Crippen LogP contribution < -0.4 is 0 Å². The van der Waals surface area contributed by atoms with E-state index in [0.29, 0.717) is 0 Å². The molecule has 1 aliphatic rings. The van der Waals surface area contributed by atoms with E-state index in [9.17, 15) is 0 Å². The summed E-state index contributed by atoms with van der Waals surface area (Å²) in [6.07, 6.45) is 0. The van der Waals surface area contributed by atoms with Crippen LogP contribution in [0.15, 0.2) is 142 Å². The lowest BCUT2D eigenvalue weighted by Crippen LogP contribution is -2.28. The van der Waals surface area contributed by atoms with Gasteiger partial charge in [0.1, 0.15) is 11.2 Å². The first-order valence-electron chi connectivity index (χ1n) is 13.6. The molecule has 1 aliphatic carbocycles. The number of hydrogen-bond donors (Lipinski definition) is 0. The molecule has 0 saturated heterocycles. The van der Waals surface area contributed by atoms with Crippen molar-refractivity contribution in [1.82, 2.24) is 0 Å². The lowest BCUT2D eigenvalue weighted by atomic mass is 9.67. The van der Waals surface area contributed by atoms with Gasteiger partial charge in [0.2, 0.25) is 0 Å². The maximum absolute atomic E-state index is 6.37. The lowest BCUT2D eigenvalue weighted by molar-refractivity contribution is 0.670. The van der Waals surface area contributed by atoms with Crippen LogP contribution in [0.25, 0.3) is 44.2 Å². The third-order valence-electron chi connectivity index (χ3n) is 8.51. The first-order chi connectivity index (χ1) is 19.7. The maximum Gasteiger partial charge on any atom is 0.143 e. The van der Waals surface area contributed by atoms with E-state index in [1.54, 1.807) is 0 Å². The number of rotatable bonds is 3. The Bertz CT molecular complexity index is 2070. The van der Waals surface area contributed by atoms with Gasteiger partial charge in [0.05, 0.1) is 5.41 Å². The molecule has 0 N–H and O–H groups in total. The first-order valence-corrected chi connectivity index (χ1v) is 14.4. The van der Waals surface area contributed by atoms with Crippen LogP contribution in [0, 0.1) is 6.92 Å². The van der Waals surface area contributed by atoms with E-state index in [0.717, 1.165) is 37.5 Å². The minimum absolute atomic E-state index is 0.425. The van der Waals surface area contributed by atoms with Crippen LogP contribution in [-0.4, -0.2) is 0 Å². The Morgan fingerprint density at radius 2 is 1.30 bits per heavy atom. The Morgan fingerprint density at radius 1 is 0.575 bits per heavy atom. The van der Waals surface area contributed by atoms with Crippen LogP contribution in [0.1, 0.15) is 27.8 Å². The predicted octanol–water partition coefficient (Wildman–Crippen LogP) is 10.7. The Balaban J connectivity index is 1.39. The van der Waals surface area contributed by atoms with Crippen LogP contribution in [0.4, 0.5) is 0 Å². The number of aryl methyl sites for hydroxylation is 1. The van der Waals surface area contributed by atoms with Gasteiger partial charge in [-0.05, 0) is 52.4 Å². The van der Waals surface area contributed by atoms with Crippen molar-refractivity contribution < 1.29 is 4.42 Å². The lowest BCUT2D eigenvalue weighted by Gasteiger charge is -2.34. The Labute approximate surface area is 241 Å². The third-order valence-corrected chi connectivity index (χ3v) is 9.17. The molecule has 7 aromatic rings. The fourth-order valence-corrected chi connectivity index (χ4v) is 7.37. The molecule has 190 valence electrons. The molecule has 6 aromatic carbocycles. The second-order valence-electron chi connectivity index (χ2n) is 10.7. The minimum Gasteiger partial charge on any atom is -0.455 e. The maximum atomic E-state index is 6.37. The van der Waals surface area contributed by atoms with E-state index < -0.39 is 5.41 Å².